The maximum Gasteiger partial charge on any atom is 0.245 e. The van der Waals surface area contributed by atoms with Gasteiger partial charge in [0.1, 0.15) is 6.04 Å². The second-order valence-electron chi connectivity index (χ2n) is 6.47. The van der Waals surface area contributed by atoms with Gasteiger partial charge in [0, 0.05) is 38.6 Å². The van der Waals surface area contributed by atoms with E-state index in [1.807, 2.05) is 13.8 Å². The lowest BCUT2D eigenvalue weighted by Crippen LogP contribution is -2.55. The van der Waals surface area contributed by atoms with Crippen LogP contribution in [0.4, 0.5) is 0 Å². The van der Waals surface area contributed by atoms with Crippen LogP contribution in [0.1, 0.15) is 33.6 Å². The summed E-state index contributed by atoms with van der Waals surface area (Å²) in [6, 6.07) is -0.376. The molecule has 2 aliphatic rings. The van der Waals surface area contributed by atoms with Gasteiger partial charge in [0.15, 0.2) is 0 Å². The zero-order chi connectivity index (χ0) is 17.2. The summed E-state index contributed by atoms with van der Waals surface area (Å²) in [4.78, 5) is 28.4. The number of carbonyl (C=O) groups excluding carboxylic acids is 2. The van der Waals surface area contributed by atoms with Crippen LogP contribution in [0.3, 0.4) is 0 Å². The molecule has 2 rings (SSSR count). The smallest absolute Gasteiger partial charge is 0.245 e. The number of amides is 2. The molecular formula is C15H27N3O4S. The van der Waals surface area contributed by atoms with Gasteiger partial charge >= 0.3 is 0 Å². The number of hydrogen-bond donors (Lipinski definition) is 0. The van der Waals surface area contributed by atoms with Crippen LogP contribution >= 0.6 is 0 Å². The van der Waals surface area contributed by atoms with Crippen molar-refractivity contribution in [1.82, 2.24) is 14.1 Å². The Kier molecular flexibility index (Phi) is 5.67. The first-order valence-electron chi connectivity index (χ1n) is 8.35. The van der Waals surface area contributed by atoms with E-state index >= 15 is 0 Å². The summed E-state index contributed by atoms with van der Waals surface area (Å²) in [7, 11) is -3.19. The fourth-order valence-corrected chi connectivity index (χ4v) is 4.28. The van der Waals surface area contributed by atoms with E-state index in [1.54, 1.807) is 16.7 Å². The summed E-state index contributed by atoms with van der Waals surface area (Å²) < 4.78 is 25.2. The van der Waals surface area contributed by atoms with E-state index in [4.69, 9.17) is 0 Å². The van der Waals surface area contributed by atoms with Crippen molar-refractivity contribution in [3.63, 3.8) is 0 Å². The van der Waals surface area contributed by atoms with Gasteiger partial charge in [-0.1, -0.05) is 13.8 Å². The quantitative estimate of drug-likeness (QED) is 0.725. The molecule has 2 saturated heterocycles. The Labute approximate surface area is 138 Å². The number of sulfonamides is 1. The van der Waals surface area contributed by atoms with Gasteiger partial charge < -0.3 is 9.80 Å². The van der Waals surface area contributed by atoms with Crippen molar-refractivity contribution in [2.24, 2.45) is 5.92 Å². The summed E-state index contributed by atoms with van der Waals surface area (Å²) in [5.74, 6) is -0.0479. The molecule has 8 heteroatoms. The molecule has 0 aliphatic carbocycles. The average Bonchev–Trinajstić information content (AvgIpc) is 3.02. The molecule has 0 saturated carbocycles. The molecule has 2 heterocycles. The zero-order valence-electron chi connectivity index (χ0n) is 14.2. The third-order valence-electron chi connectivity index (χ3n) is 4.62. The molecule has 2 amide bonds. The van der Waals surface area contributed by atoms with E-state index in [-0.39, 0.29) is 29.5 Å². The first-order chi connectivity index (χ1) is 10.8. The lowest BCUT2D eigenvalue weighted by atomic mass is 10.1. The molecule has 0 aromatic rings. The summed E-state index contributed by atoms with van der Waals surface area (Å²) in [6.45, 7) is 7.43. The molecule has 1 unspecified atom stereocenters. The first kappa shape index (κ1) is 18.2. The van der Waals surface area contributed by atoms with E-state index in [1.165, 1.54) is 4.31 Å². The molecule has 132 valence electrons. The van der Waals surface area contributed by atoms with Crippen LogP contribution in [-0.2, 0) is 19.6 Å². The molecule has 0 spiro atoms. The Morgan fingerprint density at radius 2 is 1.70 bits per heavy atom. The number of likely N-dealkylation sites (tertiary alicyclic amines) is 1. The van der Waals surface area contributed by atoms with Gasteiger partial charge in [-0.05, 0) is 19.8 Å². The highest BCUT2D eigenvalue weighted by molar-refractivity contribution is 7.89. The third-order valence-corrected chi connectivity index (χ3v) is 6.50. The van der Waals surface area contributed by atoms with Crippen molar-refractivity contribution in [1.29, 1.82) is 0 Å². The highest BCUT2D eigenvalue weighted by Crippen LogP contribution is 2.22. The molecule has 7 nitrogen and oxygen atoms in total. The van der Waals surface area contributed by atoms with Crippen LogP contribution in [0.25, 0.3) is 0 Å². The van der Waals surface area contributed by atoms with Crippen molar-refractivity contribution in [3.05, 3.63) is 0 Å². The number of hydrogen-bond acceptors (Lipinski definition) is 4. The first-order valence-corrected chi connectivity index (χ1v) is 9.96. The molecule has 0 bridgehead atoms. The Morgan fingerprint density at radius 3 is 2.22 bits per heavy atom. The van der Waals surface area contributed by atoms with Gasteiger partial charge in [0.25, 0.3) is 0 Å². The van der Waals surface area contributed by atoms with Gasteiger partial charge in [0.2, 0.25) is 21.8 Å². The van der Waals surface area contributed by atoms with Crippen LogP contribution in [0.2, 0.25) is 0 Å². The molecule has 1 atom stereocenters. The molecule has 0 N–H and O–H groups in total. The minimum atomic E-state index is -3.19. The number of piperazine rings is 1. The Bertz CT molecular complexity index is 553. The summed E-state index contributed by atoms with van der Waals surface area (Å²) in [5, 5.41) is 0. The molecule has 2 fully saturated rings. The summed E-state index contributed by atoms with van der Waals surface area (Å²) in [6.07, 6.45) is 1.55. The Morgan fingerprint density at radius 1 is 1.09 bits per heavy atom. The molecule has 0 radical (unpaired) electrons. The largest absolute Gasteiger partial charge is 0.338 e. The topological polar surface area (TPSA) is 78.0 Å². The van der Waals surface area contributed by atoms with Crippen LogP contribution in [-0.4, -0.2) is 78.9 Å². The highest BCUT2D eigenvalue weighted by atomic mass is 32.2. The van der Waals surface area contributed by atoms with E-state index in [0.717, 1.165) is 6.42 Å². The van der Waals surface area contributed by atoms with Crippen LogP contribution in [0.5, 0.6) is 0 Å². The third kappa shape index (κ3) is 3.85. The molecule has 23 heavy (non-hydrogen) atoms. The lowest BCUT2D eigenvalue weighted by Gasteiger charge is -2.36. The molecule has 0 aromatic heterocycles. The van der Waals surface area contributed by atoms with Crippen molar-refractivity contribution < 1.29 is 18.0 Å². The highest BCUT2D eigenvalue weighted by Gasteiger charge is 2.38. The molecular weight excluding hydrogens is 318 g/mol. The maximum absolute atomic E-state index is 12.7. The zero-order valence-corrected chi connectivity index (χ0v) is 15.0. The van der Waals surface area contributed by atoms with Gasteiger partial charge in [-0.3, -0.25) is 9.59 Å². The summed E-state index contributed by atoms with van der Waals surface area (Å²) >= 11 is 0. The normalized spacial score (nSPS) is 23.6. The SMILES string of the molecule is CCS(=O)(=O)N1CCN(C(=O)C2CCCN2C(=O)C(C)C)CC1. The monoisotopic (exact) mass is 345 g/mol. The molecule has 0 aromatic carbocycles. The number of carbonyl (C=O) groups is 2. The van der Waals surface area contributed by atoms with Crippen molar-refractivity contribution in [2.75, 3.05) is 38.5 Å². The van der Waals surface area contributed by atoms with E-state index in [9.17, 15) is 18.0 Å². The number of nitrogens with zero attached hydrogens (tertiary/aromatic N) is 3. The lowest BCUT2D eigenvalue weighted by molar-refractivity contribution is -0.146. The van der Waals surface area contributed by atoms with Gasteiger partial charge in [-0.2, -0.15) is 4.31 Å². The summed E-state index contributed by atoms with van der Waals surface area (Å²) in [5.41, 5.74) is 0. The van der Waals surface area contributed by atoms with Gasteiger partial charge in [0.05, 0.1) is 5.75 Å². The second-order valence-corrected chi connectivity index (χ2v) is 8.73. The van der Waals surface area contributed by atoms with Crippen LogP contribution in [0, 0.1) is 5.92 Å². The van der Waals surface area contributed by atoms with Crippen molar-refractivity contribution in [2.45, 2.75) is 39.7 Å². The maximum atomic E-state index is 12.7. The second kappa shape index (κ2) is 7.17. The fraction of sp³-hybridized carbons (Fsp3) is 0.867. The van der Waals surface area contributed by atoms with Crippen molar-refractivity contribution in [3.8, 4) is 0 Å². The van der Waals surface area contributed by atoms with E-state index < -0.39 is 10.0 Å². The average molecular weight is 345 g/mol. The van der Waals surface area contributed by atoms with E-state index in [2.05, 4.69) is 0 Å². The van der Waals surface area contributed by atoms with Gasteiger partial charge in [-0.25, -0.2) is 8.42 Å². The predicted molar refractivity (Wildman–Crippen MR) is 87.2 cm³/mol. The minimum absolute atomic E-state index is 0.0213. The van der Waals surface area contributed by atoms with Crippen molar-refractivity contribution >= 4 is 21.8 Å². The van der Waals surface area contributed by atoms with Crippen LogP contribution < -0.4 is 0 Å². The fourth-order valence-electron chi connectivity index (χ4n) is 3.20. The Balaban J connectivity index is 1.98. The predicted octanol–water partition coefficient (Wildman–Crippen LogP) is 0.127. The number of rotatable bonds is 4. The van der Waals surface area contributed by atoms with Crippen LogP contribution in [0.15, 0.2) is 0 Å². The minimum Gasteiger partial charge on any atom is -0.338 e. The standard InChI is InChI=1S/C15H27N3O4S/c1-4-23(21,22)17-10-8-16(9-11-17)15(20)13-6-5-7-18(13)14(19)12(2)3/h12-13H,4-11H2,1-3H3. The van der Waals surface area contributed by atoms with Gasteiger partial charge in [-0.15, -0.1) is 0 Å². The Hall–Kier alpha value is -1.15. The van der Waals surface area contributed by atoms with E-state index in [0.29, 0.717) is 39.1 Å². The molecule has 2 aliphatic heterocycles.